The van der Waals surface area contributed by atoms with Crippen LogP contribution in [-0.4, -0.2) is 38.1 Å². The average molecular weight is 333 g/mol. The van der Waals surface area contributed by atoms with Gasteiger partial charge in [0.15, 0.2) is 0 Å². The van der Waals surface area contributed by atoms with Gasteiger partial charge in [0.25, 0.3) is 0 Å². The maximum absolute atomic E-state index is 12.4. The highest BCUT2D eigenvalue weighted by Crippen LogP contribution is 2.32. The van der Waals surface area contributed by atoms with E-state index >= 15 is 0 Å². The average Bonchev–Trinajstić information content (AvgIpc) is 2.99. The molecule has 3 rings (SSSR count). The molecule has 1 aliphatic carbocycles. The third kappa shape index (κ3) is 3.62. The van der Waals surface area contributed by atoms with Crippen molar-refractivity contribution in [3.63, 3.8) is 0 Å². The molecule has 0 aromatic carbocycles. The van der Waals surface area contributed by atoms with Crippen molar-refractivity contribution >= 4 is 12.0 Å². The van der Waals surface area contributed by atoms with E-state index in [0.29, 0.717) is 19.0 Å². The molecule has 0 spiro atoms. The van der Waals surface area contributed by atoms with Crippen LogP contribution in [0.2, 0.25) is 0 Å². The molecule has 2 heterocycles. The predicted molar refractivity (Wildman–Crippen MR) is 89.6 cm³/mol. The van der Waals surface area contributed by atoms with Gasteiger partial charge in [-0.2, -0.15) is 0 Å². The molecule has 2 atom stereocenters. The third-order valence-corrected chi connectivity index (χ3v) is 5.54. The highest BCUT2D eigenvalue weighted by atomic mass is 16.4. The van der Waals surface area contributed by atoms with Gasteiger partial charge in [-0.25, -0.2) is 14.7 Å². The Morgan fingerprint density at radius 3 is 2.62 bits per heavy atom. The van der Waals surface area contributed by atoms with Crippen molar-refractivity contribution in [2.75, 3.05) is 6.54 Å². The van der Waals surface area contributed by atoms with Crippen LogP contribution in [0.5, 0.6) is 0 Å². The number of nitrogens with zero attached hydrogens (tertiary/aromatic N) is 3. The third-order valence-electron chi connectivity index (χ3n) is 5.54. The van der Waals surface area contributed by atoms with Crippen molar-refractivity contribution in [3.8, 4) is 0 Å². The minimum atomic E-state index is -1.14. The Labute approximate surface area is 142 Å². The largest absolute Gasteiger partial charge is 0.465 e. The molecule has 6 heteroatoms. The zero-order valence-corrected chi connectivity index (χ0v) is 14.5. The Hall–Kier alpha value is -1.85. The number of imidazole rings is 1. The highest BCUT2D eigenvalue weighted by Gasteiger charge is 2.36. The first-order valence-electron chi connectivity index (χ1n) is 9.00. The molecule has 1 saturated heterocycles. The summed E-state index contributed by atoms with van der Waals surface area (Å²) >= 11 is 0. The Bertz CT molecular complexity index is 604. The summed E-state index contributed by atoms with van der Waals surface area (Å²) < 4.78 is 2.19. The zero-order chi connectivity index (χ0) is 17.3. The lowest BCUT2D eigenvalue weighted by atomic mass is 9.86. The van der Waals surface area contributed by atoms with Crippen LogP contribution in [0.25, 0.3) is 0 Å². The first-order valence-corrected chi connectivity index (χ1v) is 9.00. The maximum Gasteiger partial charge on any atom is 0.414 e. The Balaban J connectivity index is 1.65. The standard InChI is InChI=1S/C18H27N3O3/c1-12-3-5-16(6-4-12)20-10-15(19-11-20)8-14-7-13(2)9-21(17(14)22)18(23)24/h10-14,16H,3-9H2,1-2H3,(H,23,24)/t12?,13-,14+,16?/m0/s1. The van der Waals surface area contributed by atoms with Crippen molar-refractivity contribution in [3.05, 3.63) is 18.2 Å². The van der Waals surface area contributed by atoms with Crippen molar-refractivity contribution in [1.29, 1.82) is 0 Å². The molecule has 24 heavy (non-hydrogen) atoms. The van der Waals surface area contributed by atoms with Crippen LogP contribution < -0.4 is 0 Å². The van der Waals surface area contributed by atoms with Crippen LogP contribution in [0.4, 0.5) is 4.79 Å². The number of rotatable bonds is 3. The number of amides is 2. The summed E-state index contributed by atoms with van der Waals surface area (Å²) in [5.74, 6) is 0.458. The van der Waals surface area contributed by atoms with E-state index in [1.54, 1.807) is 0 Å². The summed E-state index contributed by atoms with van der Waals surface area (Å²) in [4.78, 5) is 29.1. The van der Waals surface area contributed by atoms with Crippen LogP contribution in [-0.2, 0) is 11.2 Å². The topological polar surface area (TPSA) is 75.4 Å². The summed E-state index contributed by atoms with van der Waals surface area (Å²) in [6.07, 6.45) is 8.93. The summed E-state index contributed by atoms with van der Waals surface area (Å²) in [6, 6.07) is 0.513. The second kappa shape index (κ2) is 6.95. The van der Waals surface area contributed by atoms with Gasteiger partial charge in [-0.15, -0.1) is 0 Å². The highest BCUT2D eigenvalue weighted by molar-refractivity contribution is 5.93. The number of imide groups is 1. The molecular weight excluding hydrogens is 306 g/mol. The molecule has 1 aromatic rings. The normalized spacial score (nSPS) is 31.2. The summed E-state index contributed by atoms with van der Waals surface area (Å²) in [7, 11) is 0. The molecule has 2 fully saturated rings. The lowest BCUT2D eigenvalue weighted by Crippen LogP contribution is -2.47. The molecule has 2 aliphatic rings. The lowest BCUT2D eigenvalue weighted by molar-refractivity contribution is -0.137. The molecule has 1 aliphatic heterocycles. The fourth-order valence-corrected chi connectivity index (χ4v) is 4.10. The molecule has 132 valence electrons. The number of piperidine rings is 1. The monoisotopic (exact) mass is 333 g/mol. The summed E-state index contributed by atoms with van der Waals surface area (Å²) in [6.45, 7) is 4.61. The zero-order valence-electron chi connectivity index (χ0n) is 14.5. The van der Waals surface area contributed by atoms with Crippen molar-refractivity contribution in [1.82, 2.24) is 14.5 Å². The van der Waals surface area contributed by atoms with Crippen LogP contribution in [0, 0.1) is 17.8 Å². The second-order valence-corrected chi connectivity index (χ2v) is 7.70. The van der Waals surface area contributed by atoms with E-state index in [1.807, 2.05) is 13.3 Å². The van der Waals surface area contributed by atoms with Gasteiger partial charge in [0.1, 0.15) is 0 Å². The molecule has 0 unspecified atom stereocenters. The van der Waals surface area contributed by atoms with Gasteiger partial charge in [-0.1, -0.05) is 13.8 Å². The molecule has 6 nitrogen and oxygen atoms in total. The molecule has 1 N–H and O–H groups in total. The minimum absolute atomic E-state index is 0.200. The van der Waals surface area contributed by atoms with E-state index in [-0.39, 0.29) is 17.7 Å². The van der Waals surface area contributed by atoms with E-state index in [4.69, 9.17) is 0 Å². The summed E-state index contributed by atoms with van der Waals surface area (Å²) in [5.41, 5.74) is 0.895. The Kier molecular flexibility index (Phi) is 4.92. The second-order valence-electron chi connectivity index (χ2n) is 7.70. The smallest absolute Gasteiger partial charge is 0.414 e. The van der Waals surface area contributed by atoms with E-state index in [0.717, 1.165) is 22.9 Å². The van der Waals surface area contributed by atoms with Gasteiger partial charge in [-0.05, 0) is 43.9 Å². The lowest BCUT2D eigenvalue weighted by Gasteiger charge is -2.32. The Morgan fingerprint density at radius 1 is 1.25 bits per heavy atom. The fourth-order valence-electron chi connectivity index (χ4n) is 4.10. The van der Waals surface area contributed by atoms with Crippen LogP contribution in [0.15, 0.2) is 12.5 Å². The molecule has 0 radical (unpaired) electrons. The molecule has 2 amide bonds. The van der Waals surface area contributed by atoms with Gasteiger partial charge in [0.2, 0.25) is 5.91 Å². The molecule has 0 bridgehead atoms. The number of carbonyl (C=O) groups is 2. The maximum atomic E-state index is 12.4. The first kappa shape index (κ1) is 17.0. The van der Waals surface area contributed by atoms with Crippen molar-refractivity contribution in [2.45, 2.75) is 58.4 Å². The quantitative estimate of drug-likeness (QED) is 0.920. The van der Waals surface area contributed by atoms with E-state index in [1.165, 1.54) is 25.7 Å². The minimum Gasteiger partial charge on any atom is -0.465 e. The first-order chi connectivity index (χ1) is 11.4. The van der Waals surface area contributed by atoms with Crippen LogP contribution in [0.3, 0.4) is 0 Å². The van der Waals surface area contributed by atoms with Gasteiger partial charge < -0.3 is 9.67 Å². The van der Waals surface area contributed by atoms with Crippen molar-refractivity contribution < 1.29 is 14.7 Å². The predicted octanol–water partition coefficient (Wildman–Crippen LogP) is 3.34. The molecule has 1 saturated carbocycles. The molecule has 1 aromatic heterocycles. The van der Waals surface area contributed by atoms with Crippen LogP contribution >= 0.6 is 0 Å². The number of likely N-dealkylation sites (tertiary alicyclic amines) is 1. The number of carboxylic acid groups (broad SMARTS) is 1. The fraction of sp³-hybridized carbons (Fsp3) is 0.722. The number of hydrogen-bond acceptors (Lipinski definition) is 3. The van der Waals surface area contributed by atoms with Gasteiger partial charge in [-0.3, -0.25) is 4.79 Å². The van der Waals surface area contributed by atoms with Gasteiger partial charge in [0.05, 0.1) is 12.0 Å². The van der Waals surface area contributed by atoms with Gasteiger partial charge in [0, 0.05) is 31.1 Å². The van der Waals surface area contributed by atoms with Crippen molar-refractivity contribution in [2.24, 2.45) is 17.8 Å². The van der Waals surface area contributed by atoms with Crippen LogP contribution in [0.1, 0.15) is 57.7 Å². The number of aromatic nitrogens is 2. The van der Waals surface area contributed by atoms with E-state index < -0.39 is 6.09 Å². The SMILES string of the molecule is CC1CCC(n2cnc(C[C@H]3C[C@H](C)CN(C(=O)O)C3=O)c2)CC1. The number of hydrogen-bond donors (Lipinski definition) is 1. The molecular formula is C18H27N3O3. The summed E-state index contributed by atoms with van der Waals surface area (Å²) in [5, 5.41) is 9.19. The Morgan fingerprint density at radius 2 is 1.96 bits per heavy atom. The van der Waals surface area contributed by atoms with Gasteiger partial charge >= 0.3 is 6.09 Å². The van der Waals surface area contributed by atoms with E-state index in [2.05, 4.69) is 22.7 Å². The number of carbonyl (C=O) groups excluding carboxylic acids is 1. The van der Waals surface area contributed by atoms with E-state index in [9.17, 15) is 14.7 Å².